The van der Waals surface area contributed by atoms with Gasteiger partial charge in [0.05, 0.1) is 5.69 Å². The van der Waals surface area contributed by atoms with Gasteiger partial charge < -0.3 is 10.6 Å². The molecule has 0 fully saturated rings. The summed E-state index contributed by atoms with van der Waals surface area (Å²) in [4.78, 5) is 12.4. The summed E-state index contributed by atoms with van der Waals surface area (Å²) in [5.41, 5.74) is 2.51. The molecule has 1 aliphatic rings. The summed E-state index contributed by atoms with van der Waals surface area (Å²) in [5.74, 6) is -0.681. The van der Waals surface area contributed by atoms with E-state index >= 15 is 0 Å². The number of carbonyl (C=O) groups is 1. The molecule has 6 heteroatoms. The molecule has 3 nitrogen and oxygen atoms in total. The molecule has 0 unspecified atom stereocenters. The summed E-state index contributed by atoms with van der Waals surface area (Å²) >= 11 is 1.47. The van der Waals surface area contributed by atoms with Crippen molar-refractivity contribution in [2.75, 3.05) is 18.1 Å². The van der Waals surface area contributed by atoms with Gasteiger partial charge >= 0.3 is 0 Å². The topological polar surface area (TPSA) is 41.1 Å². The minimum atomic E-state index is -0.440. The summed E-state index contributed by atoms with van der Waals surface area (Å²) in [7, 11) is 0. The average molecular weight is 348 g/mol. The number of thioether (sulfide) groups is 1. The zero-order valence-electron chi connectivity index (χ0n) is 13.3. The lowest BCUT2D eigenvalue weighted by Gasteiger charge is -2.19. The molecular weight excluding hydrogens is 330 g/mol. The molecule has 0 aliphatic carbocycles. The van der Waals surface area contributed by atoms with Crippen LogP contribution in [0, 0.1) is 11.6 Å². The smallest absolute Gasteiger partial charge is 0.255 e. The lowest BCUT2D eigenvalue weighted by molar-refractivity contribution is 0.102. The third-order valence-corrected chi connectivity index (χ3v) is 4.66. The van der Waals surface area contributed by atoms with Crippen LogP contribution in [-0.2, 0) is 18.7 Å². The zero-order valence-corrected chi connectivity index (χ0v) is 14.1. The number of fused-ring (bicyclic) bond motifs is 1. The Kier molecular flexibility index (Phi) is 5.16. The van der Waals surface area contributed by atoms with Crippen LogP contribution in [0.3, 0.4) is 0 Å². The molecule has 1 aliphatic heterocycles. The van der Waals surface area contributed by atoms with Crippen molar-refractivity contribution in [3.8, 4) is 0 Å². The number of benzene rings is 2. The summed E-state index contributed by atoms with van der Waals surface area (Å²) in [6.45, 7) is 1.35. The number of nitrogens with one attached hydrogen (secondary N) is 2. The largest absolute Gasteiger partial charge is 0.319 e. The van der Waals surface area contributed by atoms with E-state index in [4.69, 9.17) is 0 Å². The van der Waals surface area contributed by atoms with Gasteiger partial charge in [0.2, 0.25) is 0 Å². The summed E-state index contributed by atoms with van der Waals surface area (Å²) in [6, 6.07) is 7.60. The number of rotatable bonds is 4. The molecule has 0 saturated carbocycles. The van der Waals surface area contributed by atoms with Crippen LogP contribution < -0.4 is 10.6 Å². The summed E-state index contributed by atoms with van der Waals surface area (Å²) in [6.07, 6.45) is 2.46. The fraction of sp³-hybridized carbons (Fsp3) is 0.278. The van der Waals surface area contributed by atoms with Gasteiger partial charge in [0.15, 0.2) is 0 Å². The van der Waals surface area contributed by atoms with Gasteiger partial charge in [0.25, 0.3) is 5.91 Å². The molecule has 0 bridgehead atoms. The lowest BCUT2D eigenvalue weighted by Crippen LogP contribution is -2.25. The molecular formula is C18H18F2N2OS. The maximum absolute atomic E-state index is 14.6. The Morgan fingerprint density at radius 1 is 1.29 bits per heavy atom. The van der Waals surface area contributed by atoms with Crippen LogP contribution in [0.25, 0.3) is 0 Å². The molecule has 1 heterocycles. The van der Waals surface area contributed by atoms with Crippen LogP contribution in [0.5, 0.6) is 0 Å². The highest BCUT2D eigenvalue weighted by Gasteiger charge is 2.18. The van der Waals surface area contributed by atoms with Crippen molar-refractivity contribution in [1.29, 1.82) is 0 Å². The van der Waals surface area contributed by atoms with E-state index in [9.17, 15) is 13.6 Å². The molecule has 2 aromatic rings. The van der Waals surface area contributed by atoms with Gasteiger partial charge in [-0.15, -0.1) is 0 Å². The summed E-state index contributed by atoms with van der Waals surface area (Å²) in [5, 5.41) is 5.79. The quantitative estimate of drug-likeness (QED) is 0.885. The lowest BCUT2D eigenvalue weighted by atomic mass is 9.99. The second-order valence-electron chi connectivity index (χ2n) is 5.68. The number of hydrogen-bond donors (Lipinski definition) is 2. The van der Waals surface area contributed by atoms with Gasteiger partial charge in [-0.3, -0.25) is 4.79 Å². The predicted octanol–water partition coefficient (Wildman–Crippen LogP) is 3.73. The SMILES string of the molecule is CSCc1cc(C(=O)Nc2ccc3c(c2F)CCNC3)ccc1F. The van der Waals surface area contributed by atoms with Gasteiger partial charge in [0.1, 0.15) is 11.6 Å². The first-order valence-electron chi connectivity index (χ1n) is 7.70. The first kappa shape index (κ1) is 16.9. The van der Waals surface area contributed by atoms with Crippen molar-refractivity contribution < 1.29 is 13.6 Å². The number of amides is 1. The van der Waals surface area contributed by atoms with Crippen LogP contribution >= 0.6 is 11.8 Å². The highest BCUT2D eigenvalue weighted by molar-refractivity contribution is 7.97. The average Bonchev–Trinajstić information content (AvgIpc) is 2.59. The highest BCUT2D eigenvalue weighted by Crippen LogP contribution is 2.25. The Morgan fingerprint density at radius 2 is 2.12 bits per heavy atom. The molecule has 3 rings (SSSR count). The number of carbonyl (C=O) groups excluding carboxylic acids is 1. The standard InChI is InChI=1S/C18H18F2N2OS/c1-24-10-13-8-11(2-4-15(13)19)18(23)22-16-5-3-12-9-21-7-6-14(12)17(16)20/h2-5,8,21H,6-7,9-10H2,1H3,(H,22,23). The van der Waals surface area contributed by atoms with E-state index in [0.717, 1.165) is 12.1 Å². The van der Waals surface area contributed by atoms with E-state index in [1.54, 1.807) is 6.07 Å². The van der Waals surface area contributed by atoms with Crippen molar-refractivity contribution in [2.45, 2.75) is 18.7 Å². The fourth-order valence-corrected chi connectivity index (χ4v) is 3.34. The Balaban J connectivity index is 1.84. The van der Waals surface area contributed by atoms with Crippen molar-refractivity contribution >= 4 is 23.4 Å². The van der Waals surface area contributed by atoms with Gasteiger partial charge in [0, 0.05) is 17.9 Å². The zero-order chi connectivity index (χ0) is 17.1. The van der Waals surface area contributed by atoms with Gasteiger partial charge in [-0.1, -0.05) is 6.07 Å². The van der Waals surface area contributed by atoms with Gasteiger partial charge in [-0.2, -0.15) is 11.8 Å². The minimum absolute atomic E-state index is 0.163. The molecule has 126 valence electrons. The van der Waals surface area contributed by atoms with Crippen molar-refractivity contribution in [3.63, 3.8) is 0 Å². The molecule has 0 radical (unpaired) electrons. The minimum Gasteiger partial charge on any atom is -0.319 e. The van der Waals surface area contributed by atoms with Crippen molar-refractivity contribution in [3.05, 3.63) is 64.2 Å². The molecule has 24 heavy (non-hydrogen) atoms. The van der Waals surface area contributed by atoms with Gasteiger partial charge in [-0.25, -0.2) is 8.78 Å². The summed E-state index contributed by atoms with van der Waals surface area (Å²) < 4.78 is 28.3. The maximum atomic E-state index is 14.6. The number of anilines is 1. The Bertz CT molecular complexity index is 780. The molecule has 2 N–H and O–H groups in total. The molecule has 0 atom stereocenters. The van der Waals surface area contributed by atoms with Crippen LogP contribution in [0.1, 0.15) is 27.0 Å². The van der Waals surface area contributed by atoms with Crippen LogP contribution in [0.2, 0.25) is 0 Å². The molecule has 0 spiro atoms. The highest BCUT2D eigenvalue weighted by atomic mass is 32.2. The van der Waals surface area contributed by atoms with Gasteiger partial charge in [-0.05, 0) is 60.2 Å². The molecule has 1 amide bonds. The third-order valence-electron chi connectivity index (χ3n) is 4.06. The number of halogens is 2. The fourth-order valence-electron chi connectivity index (χ4n) is 2.81. The Hall–Kier alpha value is -1.92. The number of hydrogen-bond acceptors (Lipinski definition) is 3. The van der Waals surface area contributed by atoms with Crippen molar-refractivity contribution in [1.82, 2.24) is 5.32 Å². The second kappa shape index (κ2) is 7.32. The van der Waals surface area contributed by atoms with E-state index in [1.165, 1.54) is 30.0 Å². The maximum Gasteiger partial charge on any atom is 0.255 e. The predicted molar refractivity (Wildman–Crippen MR) is 93.4 cm³/mol. The first-order valence-corrected chi connectivity index (χ1v) is 9.09. The van der Waals surface area contributed by atoms with Crippen LogP contribution in [-0.4, -0.2) is 18.7 Å². The monoisotopic (exact) mass is 348 g/mol. The molecule has 0 aromatic heterocycles. The van der Waals surface area contributed by atoms with Crippen molar-refractivity contribution in [2.24, 2.45) is 0 Å². The molecule has 2 aromatic carbocycles. The Labute approximate surface area is 143 Å². The van der Waals surface area contributed by atoms with E-state index < -0.39 is 5.91 Å². The first-order chi connectivity index (χ1) is 11.6. The third kappa shape index (κ3) is 3.44. The second-order valence-corrected chi connectivity index (χ2v) is 6.55. The van der Waals surface area contributed by atoms with E-state index in [0.29, 0.717) is 35.4 Å². The van der Waals surface area contributed by atoms with E-state index in [1.807, 2.05) is 12.3 Å². The van der Waals surface area contributed by atoms with E-state index in [-0.39, 0.29) is 17.3 Å². The normalized spacial score (nSPS) is 13.5. The van der Waals surface area contributed by atoms with Crippen LogP contribution in [0.4, 0.5) is 14.5 Å². The molecule has 0 saturated heterocycles. The van der Waals surface area contributed by atoms with Crippen LogP contribution in [0.15, 0.2) is 30.3 Å². The Morgan fingerprint density at radius 3 is 2.92 bits per heavy atom. The van der Waals surface area contributed by atoms with E-state index in [2.05, 4.69) is 10.6 Å².